The normalized spacial score (nSPS) is 11.5. The summed E-state index contributed by atoms with van der Waals surface area (Å²) in [6.45, 7) is 3.44. The molecular weight excluding hydrogens is 578 g/mol. The van der Waals surface area contributed by atoms with E-state index in [4.69, 9.17) is 4.98 Å². The van der Waals surface area contributed by atoms with Crippen LogP contribution in [-0.2, 0) is 4.79 Å². The first kappa shape index (κ1) is 29.8. The molecule has 0 spiro atoms. The standard InChI is InChI=1S/C32H32F2N10O/c1-4-5-6-25(45)39-22-13-19(15-35-16-22)23-17-38-31-26(27(23)34)30(42-43-31)32-40-24-7-8-37-28(29(24)41-32)18-11-20(33)14-21(12-18)36-9-10-44(2)3/h7-8,11-17,36H,4-6,9-10H2,1-3H3,(H,39,45)(H,40,41)(H,38,42,43). The second kappa shape index (κ2) is 12.7. The van der Waals surface area contributed by atoms with E-state index in [1.165, 1.54) is 30.7 Å². The predicted octanol–water partition coefficient (Wildman–Crippen LogP) is 6.01. The van der Waals surface area contributed by atoms with Crippen molar-refractivity contribution < 1.29 is 13.6 Å². The molecule has 1 amide bonds. The smallest absolute Gasteiger partial charge is 0.224 e. The molecule has 0 saturated carbocycles. The number of fused-ring (bicyclic) bond motifs is 2. The molecule has 6 rings (SSSR count). The van der Waals surface area contributed by atoms with Crippen molar-refractivity contribution >= 4 is 39.3 Å². The van der Waals surface area contributed by atoms with Gasteiger partial charge >= 0.3 is 0 Å². The first-order chi connectivity index (χ1) is 21.8. The van der Waals surface area contributed by atoms with E-state index in [0.29, 0.717) is 63.7 Å². The van der Waals surface area contributed by atoms with E-state index >= 15 is 4.39 Å². The minimum absolute atomic E-state index is 0.129. The third kappa shape index (κ3) is 6.34. The van der Waals surface area contributed by atoms with Crippen molar-refractivity contribution in [2.75, 3.05) is 37.8 Å². The van der Waals surface area contributed by atoms with E-state index in [0.717, 1.165) is 19.4 Å². The van der Waals surface area contributed by atoms with Crippen molar-refractivity contribution in [1.82, 2.24) is 40.0 Å². The van der Waals surface area contributed by atoms with Crippen molar-refractivity contribution in [2.45, 2.75) is 26.2 Å². The molecule has 6 aromatic rings. The Labute approximate surface area is 257 Å². The van der Waals surface area contributed by atoms with Crippen molar-refractivity contribution in [3.8, 4) is 33.9 Å². The van der Waals surface area contributed by atoms with Gasteiger partial charge in [-0.05, 0) is 50.8 Å². The van der Waals surface area contributed by atoms with Gasteiger partial charge in [0.05, 0.1) is 28.5 Å². The fraction of sp³-hybridized carbons (Fsp3) is 0.250. The number of hydrogen-bond acceptors (Lipinski definition) is 8. The van der Waals surface area contributed by atoms with Gasteiger partial charge in [0, 0.05) is 60.5 Å². The number of hydrogen-bond donors (Lipinski definition) is 4. The van der Waals surface area contributed by atoms with E-state index in [2.05, 4.69) is 40.8 Å². The molecule has 0 aliphatic heterocycles. The lowest BCUT2D eigenvalue weighted by atomic mass is 10.1. The topological polar surface area (TPSA) is 140 Å². The molecule has 5 aromatic heterocycles. The number of aromatic nitrogens is 7. The Balaban J connectivity index is 1.36. The fourth-order valence-electron chi connectivity index (χ4n) is 5.06. The summed E-state index contributed by atoms with van der Waals surface area (Å²) in [6.07, 6.45) is 8.08. The molecule has 0 saturated heterocycles. The molecule has 0 fully saturated rings. The second-order valence-electron chi connectivity index (χ2n) is 11.0. The molecule has 1 aromatic carbocycles. The summed E-state index contributed by atoms with van der Waals surface area (Å²) in [5.74, 6) is -0.794. The number of halogens is 2. The van der Waals surface area contributed by atoms with Gasteiger partial charge in [-0.15, -0.1) is 0 Å². The van der Waals surface area contributed by atoms with E-state index in [-0.39, 0.29) is 22.5 Å². The van der Waals surface area contributed by atoms with Crippen molar-refractivity contribution in [3.05, 3.63) is 66.8 Å². The Morgan fingerprint density at radius 3 is 2.69 bits per heavy atom. The van der Waals surface area contributed by atoms with Gasteiger partial charge in [-0.1, -0.05) is 13.3 Å². The quantitative estimate of drug-likeness (QED) is 0.140. The van der Waals surface area contributed by atoms with Gasteiger partial charge in [-0.2, -0.15) is 5.10 Å². The maximum Gasteiger partial charge on any atom is 0.224 e. The molecule has 0 bridgehead atoms. The molecule has 0 aliphatic rings. The lowest BCUT2D eigenvalue weighted by Crippen LogP contribution is -2.20. The average Bonchev–Trinajstić information content (AvgIpc) is 3.65. The minimum Gasteiger partial charge on any atom is -0.384 e. The van der Waals surface area contributed by atoms with E-state index in [1.54, 1.807) is 18.3 Å². The Bertz CT molecular complexity index is 2000. The summed E-state index contributed by atoms with van der Waals surface area (Å²) in [6, 6.07) is 8.07. The summed E-state index contributed by atoms with van der Waals surface area (Å²) >= 11 is 0. The van der Waals surface area contributed by atoms with Gasteiger partial charge in [0.15, 0.2) is 11.5 Å². The maximum atomic E-state index is 16.2. The molecule has 0 aliphatic carbocycles. The highest BCUT2D eigenvalue weighted by molar-refractivity contribution is 5.97. The number of carbonyl (C=O) groups excluding carboxylic acids is 1. The highest BCUT2D eigenvalue weighted by atomic mass is 19.1. The van der Waals surface area contributed by atoms with Gasteiger partial charge in [0.2, 0.25) is 5.91 Å². The number of benzene rings is 1. The minimum atomic E-state index is -0.572. The summed E-state index contributed by atoms with van der Waals surface area (Å²) in [5.41, 5.74) is 4.31. The Morgan fingerprint density at radius 2 is 1.87 bits per heavy atom. The van der Waals surface area contributed by atoms with Crippen LogP contribution in [0.25, 0.3) is 56.0 Å². The number of carbonyl (C=O) groups is 1. The zero-order valence-corrected chi connectivity index (χ0v) is 25.1. The lowest BCUT2D eigenvalue weighted by molar-refractivity contribution is -0.116. The summed E-state index contributed by atoms with van der Waals surface area (Å²) < 4.78 is 30.9. The van der Waals surface area contributed by atoms with Crippen molar-refractivity contribution in [3.63, 3.8) is 0 Å². The highest BCUT2D eigenvalue weighted by Crippen LogP contribution is 2.35. The number of anilines is 2. The largest absolute Gasteiger partial charge is 0.384 e. The molecule has 11 nitrogen and oxygen atoms in total. The monoisotopic (exact) mass is 610 g/mol. The number of pyridine rings is 3. The van der Waals surface area contributed by atoms with E-state index < -0.39 is 11.6 Å². The van der Waals surface area contributed by atoms with Gasteiger partial charge in [-0.3, -0.25) is 19.9 Å². The maximum absolute atomic E-state index is 16.2. The van der Waals surface area contributed by atoms with Crippen LogP contribution in [-0.4, -0.2) is 73.1 Å². The van der Waals surface area contributed by atoms with Crippen LogP contribution in [0.15, 0.2) is 55.1 Å². The molecule has 13 heteroatoms. The number of H-pyrrole nitrogens is 2. The first-order valence-electron chi connectivity index (χ1n) is 14.6. The van der Waals surface area contributed by atoms with E-state index in [9.17, 15) is 9.18 Å². The van der Waals surface area contributed by atoms with Crippen LogP contribution >= 0.6 is 0 Å². The third-order valence-electron chi connectivity index (χ3n) is 7.31. The molecule has 4 N–H and O–H groups in total. The van der Waals surface area contributed by atoms with Gasteiger partial charge in [0.25, 0.3) is 0 Å². The Hall–Kier alpha value is -5.30. The molecule has 0 atom stereocenters. The zero-order valence-electron chi connectivity index (χ0n) is 25.1. The molecule has 0 unspecified atom stereocenters. The molecule has 5 heterocycles. The predicted molar refractivity (Wildman–Crippen MR) is 171 cm³/mol. The van der Waals surface area contributed by atoms with Gasteiger partial charge in [-0.25, -0.2) is 18.7 Å². The molecule has 0 radical (unpaired) electrons. The number of unbranched alkanes of at least 4 members (excludes halogenated alkanes) is 1. The first-order valence-corrected chi connectivity index (χ1v) is 14.6. The number of imidazole rings is 1. The average molecular weight is 611 g/mol. The lowest BCUT2D eigenvalue weighted by Gasteiger charge is -2.12. The van der Waals surface area contributed by atoms with Crippen molar-refractivity contribution in [2.24, 2.45) is 0 Å². The van der Waals surface area contributed by atoms with Crippen LogP contribution in [0.5, 0.6) is 0 Å². The Morgan fingerprint density at radius 1 is 1.02 bits per heavy atom. The van der Waals surface area contributed by atoms with Crippen LogP contribution < -0.4 is 10.6 Å². The molecular formula is C32H32F2N10O. The SMILES string of the molecule is CCCCC(=O)Nc1cncc(-c2cnc3n[nH]c(-c4nc5c(-c6cc(F)cc(NCCN(C)C)c6)nccc5[nH]4)c3c2F)c1. The molecule has 230 valence electrons. The van der Waals surface area contributed by atoms with Crippen molar-refractivity contribution in [1.29, 1.82) is 0 Å². The Kier molecular flexibility index (Phi) is 8.43. The van der Waals surface area contributed by atoms with Crippen LogP contribution in [0.4, 0.5) is 20.2 Å². The third-order valence-corrected chi connectivity index (χ3v) is 7.31. The summed E-state index contributed by atoms with van der Waals surface area (Å²) in [4.78, 5) is 35.3. The summed E-state index contributed by atoms with van der Waals surface area (Å²) in [5, 5.41) is 13.3. The van der Waals surface area contributed by atoms with Crippen LogP contribution in [0.2, 0.25) is 0 Å². The number of nitrogens with one attached hydrogen (secondary N) is 4. The number of amides is 1. The van der Waals surface area contributed by atoms with Gasteiger partial charge in [0.1, 0.15) is 22.8 Å². The molecule has 45 heavy (non-hydrogen) atoms. The zero-order chi connectivity index (χ0) is 31.5. The number of rotatable bonds is 11. The van der Waals surface area contributed by atoms with Crippen LogP contribution in [0.3, 0.4) is 0 Å². The summed E-state index contributed by atoms with van der Waals surface area (Å²) in [7, 11) is 3.94. The number of nitrogens with zero attached hydrogens (tertiary/aromatic N) is 6. The van der Waals surface area contributed by atoms with Crippen LogP contribution in [0, 0.1) is 11.6 Å². The van der Waals surface area contributed by atoms with E-state index in [1.807, 2.05) is 32.0 Å². The second-order valence-corrected chi connectivity index (χ2v) is 11.0. The number of likely N-dealkylation sites (N-methyl/N-ethyl adjacent to an activating group) is 1. The fourth-order valence-corrected chi connectivity index (χ4v) is 5.06. The van der Waals surface area contributed by atoms with Gasteiger partial charge < -0.3 is 20.5 Å². The highest BCUT2D eigenvalue weighted by Gasteiger charge is 2.22. The van der Waals surface area contributed by atoms with Crippen LogP contribution in [0.1, 0.15) is 26.2 Å². The number of aromatic amines is 2.